The van der Waals surface area contributed by atoms with E-state index in [-0.39, 0.29) is 6.61 Å². The lowest BCUT2D eigenvalue weighted by atomic mass is 9.86. The molecule has 0 spiro atoms. The minimum absolute atomic E-state index is 0.137. The second-order valence-corrected chi connectivity index (χ2v) is 4.47. The lowest BCUT2D eigenvalue weighted by Crippen LogP contribution is -2.09. The average Bonchev–Trinajstić information content (AvgIpc) is 2.68. The zero-order valence-electron chi connectivity index (χ0n) is 9.11. The van der Waals surface area contributed by atoms with Crippen LogP contribution in [0, 0.1) is 5.92 Å². The van der Waals surface area contributed by atoms with Crippen LogP contribution in [0.4, 0.5) is 0 Å². The van der Waals surface area contributed by atoms with E-state index in [9.17, 15) is 0 Å². The van der Waals surface area contributed by atoms with Crippen LogP contribution >= 0.6 is 0 Å². The largest absolute Gasteiger partial charge is 0.396 e. The first-order valence-corrected chi connectivity index (χ1v) is 5.94. The molecule has 2 rings (SSSR count). The molecular weight excluding hydrogens is 190 g/mol. The Bertz CT molecular complexity index is 290. The summed E-state index contributed by atoms with van der Waals surface area (Å²) < 4.78 is 5.14. The SMILES string of the molecule is OCCc1cc(CC2CCCCC2)no1. The van der Waals surface area contributed by atoms with Crippen molar-refractivity contribution in [2.75, 3.05) is 6.61 Å². The van der Waals surface area contributed by atoms with E-state index in [0.29, 0.717) is 6.42 Å². The van der Waals surface area contributed by atoms with E-state index in [1.165, 1.54) is 32.1 Å². The van der Waals surface area contributed by atoms with E-state index in [1.807, 2.05) is 6.07 Å². The standard InChI is InChI=1S/C12H19NO2/c14-7-6-12-9-11(13-15-12)8-10-4-2-1-3-5-10/h9-10,14H,1-8H2. The molecule has 15 heavy (non-hydrogen) atoms. The van der Waals surface area contributed by atoms with Crippen molar-refractivity contribution >= 4 is 0 Å². The maximum Gasteiger partial charge on any atom is 0.139 e. The Morgan fingerprint density at radius 1 is 1.33 bits per heavy atom. The molecule has 0 amide bonds. The molecule has 1 aliphatic carbocycles. The van der Waals surface area contributed by atoms with Gasteiger partial charge in [0, 0.05) is 12.5 Å². The van der Waals surface area contributed by atoms with Crippen LogP contribution in [-0.4, -0.2) is 16.9 Å². The lowest BCUT2D eigenvalue weighted by molar-refractivity contribution is 0.276. The first kappa shape index (κ1) is 10.7. The van der Waals surface area contributed by atoms with Crippen molar-refractivity contribution in [3.05, 3.63) is 17.5 Å². The molecule has 84 valence electrons. The molecule has 3 heteroatoms. The zero-order chi connectivity index (χ0) is 10.5. The molecule has 1 aromatic rings. The Morgan fingerprint density at radius 3 is 2.87 bits per heavy atom. The number of hydrogen-bond donors (Lipinski definition) is 1. The summed E-state index contributed by atoms with van der Waals surface area (Å²) in [6.45, 7) is 0.137. The third-order valence-corrected chi connectivity index (χ3v) is 3.19. The predicted octanol–water partition coefficient (Wildman–Crippen LogP) is 2.33. The second kappa shape index (κ2) is 5.31. The molecule has 0 radical (unpaired) electrons. The van der Waals surface area contributed by atoms with E-state index >= 15 is 0 Å². The Morgan fingerprint density at radius 2 is 2.13 bits per heavy atom. The van der Waals surface area contributed by atoms with E-state index in [1.54, 1.807) is 0 Å². The topological polar surface area (TPSA) is 46.3 Å². The summed E-state index contributed by atoms with van der Waals surface area (Å²) in [5.41, 5.74) is 1.06. The van der Waals surface area contributed by atoms with Crippen LogP contribution < -0.4 is 0 Å². The normalized spacial score (nSPS) is 18.2. The van der Waals surface area contributed by atoms with Crippen LogP contribution in [0.3, 0.4) is 0 Å². The number of aliphatic hydroxyl groups excluding tert-OH is 1. The van der Waals surface area contributed by atoms with E-state index in [0.717, 1.165) is 23.8 Å². The van der Waals surface area contributed by atoms with Crippen LogP contribution in [0.5, 0.6) is 0 Å². The molecule has 1 fully saturated rings. The Kier molecular flexibility index (Phi) is 3.78. The summed E-state index contributed by atoms with van der Waals surface area (Å²) in [5, 5.41) is 12.8. The molecule has 0 aliphatic heterocycles. The molecule has 0 bridgehead atoms. The fourth-order valence-corrected chi connectivity index (χ4v) is 2.37. The van der Waals surface area contributed by atoms with Crippen molar-refractivity contribution in [2.45, 2.75) is 44.9 Å². The third-order valence-electron chi connectivity index (χ3n) is 3.19. The molecule has 0 atom stereocenters. The molecule has 0 unspecified atom stereocenters. The highest BCUT2D eigenvalue weighted by atomic mass is 16.5. The first-order chi connectivity index (χ1) is 7.38. The van der Waals surface area contributed by atoms with Gasteiger partial charge in [-0.3, -0.25) is 0 Å². The van der Waals surface area contributed by atoms with Gasteiger partial charge in [0.1, 0.15) is 5.76 Å². The minimum atomic E-state index is 0.137. The molecule has 1 aromatic heterocycles. The molecule has 1 saturated carbocycles. The summed E-state index contributed by atoms with van der Waals surface area (Å²) >= 11 is 0. The highest BCUT2D eigenvalue weighted by Gasteiger charge is 2.15. The predicted molar refractivity (Wildman–Crippen MR) is 57.6 cm³/mol. The fourth-order valence-electron chi connectivity index (χ4n) is 2.37. The Balaban J connectivity index is 1.86. The molecule has 1 aliphatic rings. The summed E-state index contributed by atoms with van der Waals surface area (Å²) in [5.74, 6) is 1.61. The van der Waals surface area contributed by atoms with E-state index < -0.39 is 0 Å². The molecule has 3 nitrogen and oxygen atoms in total. The maximum absolute atomic E-state index is 8.76. The highest BCUT2D eigenvalue weighted by Crippen LogP contribution is 2.26. The van der Waals surface area contributed by atoms with Crippen molar-refractivity contribution in [2.24, 2.45) is 5.92 Å². The van der Waals surface area contributed by atoms with E-state index in [4.69, 9.17) is 9.63 Å². The van der Waals surface area contributed by atoms with Crippen LogP contribution in [0.2, 0.25) is 0 Å². The van der Waals surface area contributed by atoms with Gasteiger partial charge in [0.25, 0.3) is 0 Å². The number of hydrogen-bond acceptors (Lipinski definition) is 3. The third kappa shape index (κ3) is 3.06. The van der Waals surface area contributed by atoms with Gasteiger partial charge in [-0.25, -0.2) is 0 Å². The van der Waals surface area contributed by atoms with Gasteiger partial charge < -0.3 is 9.63 Å². The minimum Gasteiger partial charge on any atom is -0.396 e. The highest BCUT2D eigenvalue weighted by molar-refractivity contribution is 5.06. The van der Waals surface area contributed by atoms with Gasteiger partial charge in [-0.2, -0.15) is 0 Å². The van der Waals surface area contributed by atoms with E-state index in [2.05, 4.69) is 5.16 Å². The summed E-state index contributed by atoms with van der Waals surface area (Å²) in [7, 11) is 0. The molecule has 1 heterocycles. The van der Waals surface area contributed by atoms with Gasteiger partial charge >= 0.3 is 0 Å². The van der Waals surface area contributed by atoms with Crippen LogP contribution in [0.25, 0.3) is 0 Å². The zero-order valence-corrected chi connectivity index (χ0v) is 9.11. The van der Waals surface area contributed by atoms with Gasteiger partial charge in [-0.05, 0) is 12.3 Å². The van der Waals surface area contributed by atoms with Crippen molar-refractivity contribution in [3.63, 3.8) is 0 Å². The van der Waals surface area contributed by atoms with Crippen molar-refractivity contribution in [3.8, 4) is 0 Å². The first-order valence-electron chi connectivity index (χ1n) is 5.94. The number of nitrogens with zero attached hydrogens (tertiary/aromatic N) is 1. The van der Waals surface area contributed by atoms with Gasteiger partial charge in [0.15, 0.2) is 0 Å². The quantitative estimate of drug-likeness (QED) is 0.827. The molecular formula is C12H19NO2. The van der Waals surface area contributed by atoms with Crippen LogP contribution in [-0.2, 0) is 12.8 Å². The van der Waals surface area contributed by atoms with Gasteiger partial charge in [-0.1, -0.05) is 37.3 Å². The Labute approximate surface area is 90.5 Å². The average molecular weight is 209 g/mol. The monoisotopic (exact) mass is 209 g/mol. The van der Waals surface area contributed by atoms with Crippen LogP contribution in [0.1, 0.15) is 43.6 Å². The van der Waals surface area contributed by atoms with Crippen molar-refractivity contribution in [1.82, 2.24) is 5.16 Å². The molecule has 1 N–H and O–H groups in total. The molecule has 0 saturated heterocycles. The number of aliphatic hydroxyl groups is 1. The molecule has 0 aromatic carbocycles. The maximum atomic E-state index is 8.76. The van der Waals surface area contributed by atoms with Crippen LogP contribution in [0.15, 0.2) is 10.6 Å². The summed E-state index contributed by atoms with van der Waals surface area (Å²) in [6.07, 6.45) is 8.43. The van der Waals surface area contributed by atoms with Crippen molar-refractivity contribution in [1.29, 1.82) is 0 Å². The van der Waals surface area contributed by atoms with Gasteiger partial charge in [0.05, 0.1) is 12.3 Å². The number of aromatic nitrogens is 1. The lowest BCUT2D eigenvalue weighted by Gasteiger charge is -2.19. The Hall–Kier alpha value is -0.830. The van der Waals surface area contributed by atoms with Gasteiger partial charge in [0.2, 0.25) is 0 Å². The summed E-state index contributed by atoms with van der Waals surface area (Å²) in [4.78, 5) is 0. The van der Waals surface area contributed by atoms with Gasteiger partial charge in [-0.15, -0.1) is 0 Å². The summed E-state index contributed by atoms with van der Waals surface area (Å²) in [6, 6.07) is 1.99. The number of rotatable bonds is 4. The second-order valence-electron chi connectivity index (χ2n) is 4.47. The van der Waals surface area contributed by atoms with Crippen molar-refractivity contribution < 1.29 is 9.63 Å². The fraction of sp³-hybridized carbons (Fsp3) is 0.750. The smallest absolute Gasteiger partial charge is 0.139 e.